The molecule has 0 fully saturated rings. The van der Waals surface area contributed by atoms with Crippen LogP contribution in [0, 0.1) is 5.92 Å². The minimum absolute atomic E-state index is 0.450. The molecule has 0 spiro atoms. The molecule has 1 heterocycles. The number of ether oxygens (including phenoxy) is 1. The second-order valence-corrected chi connectivity index (χ2v) is 3.08. The van der Waals surface area contributed by atoms with E-state index in [2.05, 4.69) is 0 Å². The van der Waals surface area contributed by atoms with Gasteiger partial charge in [-0.25, -0.2) is 0 Å². The van der Waals surface area contributed by atoms with E-state index in [-0.39, 0.29) is 0 Å². The van der Waals surface area contributed by atoms with Crippen LogP contribution >= 0.6 is 0 Å². The summed E-state index contributed by atoms with van der Waals surface area (Å²) in [5, 5.41) is 0. The van der Waals surface area contributed by atoms with E-state index >= 15 is 0 Å². The second-order valence-electron chi connectivity index (χ2n) is 3.08. The van der Waals surface area contributed by atoms with Gasteiger partial charge in [0.2, 0.25) is 0 Å². The number of benzene rings is 1. The van der Waals surface area contributed by atoms with Crippen LogP contribution in [0.25, 0.3) is 0 Å². The monoisotopic (exact) mass is 180 g/mol. The molecular formula is C10H9FO2. The van der Waals surface area contributed by atoms with E-state index in [4.69, 9.17) is 4.74 Å². The third-order valence-electron chi connectivity index (χ3n) is 2.17. The highest BCUT2D eigenvalue weighted by Gasteiger charge is 2.27. The Kier molecular flexibility index (Phi) is 2.00. The van der Waals surface area contributed by atoms with Gasteiger partial charge in [-0.05, 0) is 18.1 Å². The van der Waals surface area contributed by atoms with E-state index in [0.717, 1.165) is 5.56 Å². The van der Waals surface area contributed by atoms with Gasteiger partial charge in [0.1, 0.15) is 12.4 Å². The molecule has 2 rings (SSSR count). The lowest BCUT2D eigenvalue weighted by Gasteiger charge is -2.20. The molecule has 13 heavy (non-hydrogen) atoms. The van der Waals surface area contributed by atoms with Crippen LogP contribution in [0.5, 0.6) is 5.75 Å². The summed E-state index contributed by atoms with van der Waals surface area (Å²) < 4.78 is 17.3. The summed E-state index contributed by atoms with van der Waals surface area (Å²) in [6.45, 7) is -0.646. The van der Waals surface area contributed by atoms with Crippen molar-refractivity contribution in [3.63, 3.8) is 0 Å². The maximum absolute atomic E-state index is 12.3. The summed E-state index contributed by atoms with van der Waals surface area (Å²) in [5.41, 5.74) is 0.907. The fraction of sp³-hybridized carbons (Fsp3) is 0.300. The van der Waals surface area contributed by atoms with E-state index in [1.54, 1.807) is 12.1 Å². The Bertz CT molecular complexity index is 335. The molecule has 0 amide bonds. The van der Waals surface area contributed by atoms with Crippen LogP contribution in [0.2, 0.25) is 0 Å². The van der Waals surface area contributed by atoms with Crippen LogP contribution in [0.4, 0.5) is 4.39 Å². The number of carbonyl (C=O) groups is 1. The van der Waals surface area contributed by atoms with Crippen LogP contribution in [0.1, 0.15) is 5.56 Å². The molecule has 1 aromatic carbocycles. The van der Waals surface area contributed by atoms with Crippen molar-refractivity contribution < 1.29 is 13.9 Å². The van der Waals surface area contributed by atoms with Crippen molar-refractivity contribution in [2.45, 2.75) is 6.42 Å². The molecule has 1 unspecified atom stereocenters. The summed E-state index contributed by atoms with van der Waals surface area (Å²) >= 11 is 0. The van der Waals surface area contributed by atoms with Crippen molar-refractivity contribution in [1.29, 1.82) is 0 Å². The lowest BCUT2D eigenvalue weighted by Crippen LogP contribution is -2.28. The van der Waals surface area contributed by atoms with Gasteiger partial charge in [0.25, 0.3) is 0 Å². The molecule has 2 nitrogen and oxygen atoms in total. The Morgan fingerprint density at radius 3 is 3.00 bits per heavy atom. The molecule has 1 atom stereocenters. The molecule has 3 heteroatoms. The number of rotatable bonds is 1. The highest BCUT2D eigenvalue weighted by molar-refractivity contribution is 5.78. The topological polar surface area (TPSA) is 26.3 Å². The maximum atomic E-state index is 12.3. The molecule has 1 aliphatic heterocycles. The van der Waals surface area contributed by atoms with Gasteiger partial charge in [0.05, 0.1) is 5.92 Å². The van der Waals surface area contributed by atoms with E-state index in [9.17, 15) is 9.18 Å². The first-order chi connectivity index (χ1) is 6.31. The highest BCUT2D eigenvalue weighted by atomic mass is 19.1. The van der Waals surface area contributed by atoms with Crippen molar-refractivity contribution >= 4 is 5.97 Å². The van der Waals surface area contributed by atoms with E-state index < -0.39 is 18.6 Å². The Hall–Kier alpha value is -1.38. The molecule has 1 aliphatic rings. The number of halogens is 1. The number of hydrogen-bond donors (Lipinski definition) is 0. The second kappa shape index (κ2) is 3.17. The van der Waals surface area contributed by atoms with Crippen LogP contribution in [0.3, 0.4) is 0 Å². The largest absolute Gasteiger partial charge is 0.426 e. The van der Waals surface area contributed by atoms with Crippen LogP contribution in [-0.2, 0) is 11.2 Å². The van der Waals surface area contributed by atoms with E-state index in [1.807, 2.05) is 12.1 Å². The third kappa shape index (κ3) is 1.41. The van der Waals surface area contributed by atoms with Crippen molar-refractivity contribution in [2.24, 2.45) is 5.92 Å². The van der Waals surface area contributed by atoms with Crippen LogP contribution < -0.4 is 4.74 Å². The number of alkyl halides is 1. The zero-order chi connectivity index (χ0) is 9.26. The normalized spacial score (nSPS) is 20.7. The molecule has 1 aromatic rings. The first-order valence-corrected chi connectivity index (χ1v) is 4.17. The molecule has 0 aliphatic carbocycles. The standard InChI is InChI=1S/C10H9FO2/c11-6-8-5-7-3-1-2-4-9(7)13-10(8)12/h1-4,8H,5-6H2. The van der Waals surface area contributed by atoms with Crippen LogP contribution in [0.15, 0.2) is 24.3 Å². The Labute approximate surface area is 75.3 Å². The van der Waals surface area contributed by atoms with Crippen LogP contribution in [-0.4, -0.2) is 12.6 Å². The Morgan fingerprint density at radius 1 is 1.46 bits per heavy atom. The maximum Gasteiger partial charge on any atom is 0.317 e. The predicted molar refractivity (Wildman–Crippen MR) is 45.2 cm³/mol. The first-order valence-electron chi connectivity index (χ1n) is 4.17. The molecule has 0 radical (unpaired) electrons. The van der Waals surface area contributed by atoms with E-state index in [0.29, 0.717) is 12.2 Å². The van der Waals surface area contributed by atoms with Gasteiger partial charge in [-0.3, -0.25) is 9.18 Å². The van der Waals surface area contributed by atoms with Crippen molar-refractivity contribution in [3.8, 4) is 5.75 Å². The average Bonchev–Trinajstić information content (AvgIpc) is 2.17. The van der Waals surface area contributed by atoms with Crippen molar-refractivity contribution in [2.75, 3.05) is 6.67 Å². The summed E-state index contributed by atoms with van der Waals surface area (Å²) in [5.74, 6) is -0.506. The average molecular weight is 180 g/mol. The molecule has 0 saturated heterocycles. The fourth-order valence-corrected chi connectivity index (χ4v) is 1.43. The summed E-state index contributed by atoms with van der Waals surface area (Å²) in [6, 6.07) is 7.22. The molecule has 0 N–H and O–H groups in total. The number of esters is 1. The van der Waals surface area contributed by atoms with Gasteiger partial charge in [-0.2, -0.15) is 0 Å². The molecule has 68 valence electrons. The van der Waals surface area contributed by atoms with E-state index in [1.165, 1.54) is 0 Å². The third-order valence-corrected chi connectivity index (χ3v) is 2.17. The van der Waals surface area contributed by atoms with Crippen molar-refractivity contribution in [3.05, 3.63) is 29.8 Å². The number of carbonyl (C=O) groups excluding carboxylic acids is 1. The number of para-hydroxylation sites is 1. The van der Waals surface area contributed by atoms with Gasteiger partial charge < -0.3 is 4.74 Å². The summed E-state index contributed by atoms with van der Waals surface area (Å²) in [6.07, 6.45) is 0.450. The highest BCUT2D eigenvalue weighted by Crippen LogP contribution is 2.27. The molecule has 0 saturated carbocycles. The zero-order valence-corrected chi connectivity index (χ0v) is 7.00. The fourth-order valence-electron chi connectivity index (χ4n) is 1.43. The summed E-state index contributed by atoms with van der Waals surface area (Å²) in [4.78, 5) is 11.1. The lowest BCUT2D eigenvalue weighted by molar-refractivity contribution is -0.140. The molecule has 0 aromatic heterocycles. The minimum Gasteiger partial charge on any atom is -0.426 e. The Morgan fingerprint density at radius 2 is 2.23 bits per heavy atom. The van der Waals surface area contributed by atoms with Gasteiger partial charge in [0, 0.05) is 0 Å². The van der Waals surface area contributed by atoms with Gasteiger partial charge in [-0.1, -0.05) is 18.2 Å². The smallest absolute Gasteiger partial charge is 0.317 e. The first kappa shape index (κ1) is 8.23. The minimum atomic E-state index is -0.646. The molecule has 0 bridgehead atoms. The molecular weight excluding hydrogens is 171 g/mol. The zero-order valence-electron chi connectivity index (χ0n) is 7.00. The summed E-state index contributed by atoms with van der Waals surface area (Å²) in [7, 11) is 0. The lowest BCUT2D eigenvalue weighted by atomic mass is 9.97. The quantitative estimate of drug-likeness (QED) is 0.486. The van der Waals surface area contributed by atoms with Gasteiger partial charge in [-0.15, -0.1) is 0 Å². The number of fused-ring (bicyclic) bond motifs is 1. The predicted octanol–water partition coefficient (Wildman–Crippen LogP) is 1.73. The van der Waals surface area contributed by atoms with Gasteiger partial charge >= 0.3 is 5.97 Å². The van der Waals surface area contributed by atoms with Gasteiger partial charge in [0.15, 0.2) is 0 Å². The SMILES string of the molecule is O=C1Oc2ccccc2CC1CF. The Balaban J connectivity index is 2.33. The van der Waals surface area contributed by atoms with Crippen molar-refractivity contribution in [1.82, 2.24) is 0 Å². The number of hydrogen-bond acceptors (Lipinski definition) is 2.